The minimum absolute atomic E-state index is 0.00661. The van der Waals surface area contributed by atoms with Crippen LogP contribution in [0.5, 0.6) is 0 Å². The molecule has 1 saturated heterocycles. The molecule has 1 aromatic carbocycles. The Bertz CT molecular complexity index is 995. The molecule has 2 rings (SSSR count). The third-order valence-corrected chi connectivity index (χ3v) is 5.30. The van der Waals surface area contributed by atoms with Crippen LogP contribution in [-0.2, 0) is 19.6 Å². The fourth-order valence-corrected chi connectivity index (χ4v) is 3.60. The van der Waals surface area contributed by atoms with E-state index in [1.54, 1.807) is 6.07 Å². The van der Waals surface area contributed by atoms with Gasteiger partial charge in [-0.2, -0.15) is 13.2 Å². The van der Waals surface area contributed by atoms with Gasteiger partial charge in [0.2, 0.25) is 15.9 Å². The Kier molecular flexibility index (Phi) is 11.2. The van der Waals surface area contributed by atoms with Crippen molar-refractivity contribution in [3.63, 3.8) is 0 Å². The van der Waals surface area contributed by atoms with Crippen LogP contribution in [0, 0.1) is 0 Å². The first-order valence-electron chi connectivity index (χ1n) is 10.5. The second-order valence-electron chi connectivity index (χ2n) is 7.68. The lowest BCUT2D eigenvalue weighted by atomic mass is 10.1. The molecule has 4 N–H and O–H groups in total. The zero-order valence-electron chi connectivity index (χ0n) is 19.3. The Morgan fingerprint density at radius 1 is 1.09 bits per heavy atom. The van der Waals surface area contributed by atoms with Gasteiger partial charge in [0.15, 0.2) is 0 Å². The van der Waals surface area contributed by atoms with Crippen molar-refractivity contribution in [3.8, 4) is 0 Å². The Morgan fingerprint density at radius 3 is 2.11 bits per heavy atom. The molecule has 0 atom stereocenters. The highest BCUT2D eigenvalue weighted by atomic mass is 32.2. The summed E-state index contributed by atoms with van der Waals surface area (Å²) < 4.78 is 57.5. The number of carboxylic acids is 2. The molecule has 1 amide bonds. The molecule has 1 heterocycles. The average Bonchev–Trinajstić information content (AvgIpc) is 2.73. The monoisotopic (exact) mass is 526 g/mol. The molecule has 0 aromatic heterocycles. The van der Waals surface area contributed by atoms with E-state index >= 15 is 0 Å². The van der Waals surface area contributed by atoms with Crippen LogP contribution in [-0.4, -0.2) is 93.1 Å². The number of piperazine rings is 1. The number of anilines is 2. The number of aromatic carboxylic acids is 1. The van der Waals surface area contributed by atoms with Crippen LogP contribution >= 0.6 is 0 Å². The molecule has 11 nitrogen and oxygen atoms in total. The molecule has 0 saturated carbocycles. The average molecular weight is 527 g/mol. The highest BCUT2D eigenvalue weighted by molar-refractivity contribution is 7.92. The lowest BCUT2D eigenvalue weighted by Crippen LogP contribution is -2.49. The van der Waals surface area contributed by atoms with E-state index in [-0.39, 0.29) is 17.2 Å². The summed E-state index contributed by atoms with van der Waals surface area (Å²) >= 11 is 0. The Balaban J connectivity index is 0.000000762. The Morgan fingerprint density at radius 2 is 1.66 bits per heavy atom. The van der Waals surface area contributed by atoms with Gasteiger partial charge in [-0.05, 0) is 24.6 Å². The SMILES string of the molecule is CCCCNC(=O)CN1CCN(c2ccc(C(=O)O)cc2NS(C)(=O)=O)CC1.O=C(O)C(F)(F)F. The van der Waals surface area contributed by atoms with Gasteiger partial charge in [0.25, 0.3) is 0 Å². The zero-order chi connectivity index (χ0) is 26.8. The number of nitrogens with zero attached hydrogens (tertiary/aromatic N) is 2. The summed E-state index contributed by atoms with van der Waals surface area (Å²) in [7, 11) is -3.55. The van der Waals surface area contributed by atoms with E-state index < -0.39 is 28.1 Å². The van der Waals surface area contributed by atoms with Gasteiger partial charge in [0.1, 0.15) is 0 Å². The summed E-state index contributed by atoms with van der Waals surface area (Å²) in [5.41, 5.74) is 0.882. The number of hydrogen-bond donors (Lipinski definition) is 4. The molecular weight excluding hydrogens is 497 g/mol. The second-order valence-corrected chi connectivity index (χ2v) is 9.43. The van der Waals surface area contributed by atoms with Gasteiger partial charge in [0.05, 0.1) is 29.7 Å². The van der Waals surface area contributed by atoms with E-state index in [4.69, 9.17) is 15.0 Å². The molecule has 0 aliphatic carbocycles. The van der Waals surface area contributed by atoms with Crippen LogP contribution in [0.1, 0.15) is 30.1 Å². The number of rotatable bonds is 9. The smallest absolute Gasteiger partial charge is 0.478 e. The molecular formula is C20H29F3N4O7S. The van der Waals surface area contributed by atoms with Crippen molar-refractivity contribution in [2.75, 3.05) is 55.1 Å². The Hall–Kier alpha value is -3.07. The second kappa shape index (κ2) is 13.1. The molecule has 0 radical (unpaired) electrons. The summed E-state index contributed by atoms with van der Waals surface area (Å²) in [4.78, 5) is 36.1. The number of carbonyl (C=O) groups excluding carboxylic acids is 1. The van der Waals surface area contributed by atoms with Crippen molar-refractivity contribution >= 4 is 39.2 Å². The van der Waals surface area contributed by atoms with Gasteiger partial charge in [-0.3, -0.25) is 14.4 Å². The van der Waals surface area contributed by atoms with E-state index in [1.807, 2.05) is 9.80 Å². The quantitative estimate of drug-likeness (QED) is 0.350. The van der Waals surface area contributed by atoms with Gasteiger partial charge in [0, 0.05) is 32.7 Å². The molecule has 0 bridgehead atoms. The largest absolute Gasteiger partial charge is 0.490 e. The van der Waals surface area contributed by atoms with Gasteiger partial charge in [-0.25, -0.2) is 18.0 Å². The molecule has 1 aromatic rings. The number of aliphatic carboxylic acids is 1. The fourth-order valence-electron chi connectivity index (χ4n) is 3.04. The first-order chi connectivity index (χ1) is 16.1. The molecule has 1 aliphatic rings. The van der Waals surface area contributed by atoms with Gasteiger partial charge in [-0.1, -0.05) is 13.3 Å². The summed E-state index contributed by atoms with van der Waals surface area (Å²) in [6, 6.07) is 4.40. The zero-order valence-corrected chi connectivity index (χ0v) is 20.1. The van der Waals surface area contributed by atoms with Crippen LogP contribution < -0.4 is 14.9 Å². The topological polar surface area (TPSA) is 156 Å². The van der Waals surface area contributed by atoms with Gasteiger partial charge in [-0.15, -0.1) is 0 Å². The van der Waals surface area contributed by atoms with Crippen molar-refractivity contribution in [2.24, 2.45) is 0 Å². The number of unbranched alkanes of at least 4 members (excludes halogenated alkanes) is 1. The molecule has 198 valence electrons. The van der Waals surface area contributed by atoms with Gasteiger partial charge < -0.3 is 20.4 Å². The van der Waals surface area contributed by atoms with Crippen molar-refractivity contribution in [3.05, 3.63) is 23.8 Å². The molecule has 35 heavy (non-hydrogen) atoms. The van der Waals surface area contributed by atoms with Crippen molar-refractivity contribution in [1.82, 2.24) is 10.2 Å². The predicted molar refractivity (Wildman–Crippen MR) is 122 cm³/mol. The molecule has 0 spiro atoms. The van der Waals surface area contributed by atoms with Crippen molar-refractivity contribution < 1.29 is 46.2 Å². The number of benzene rings is 1. The Labute approximate surface area is 200 Å². The first kappa shape index (κ1) is 30.0. The number of amides is 1. The van der Waals surface area contributed by atoms with E-state index in [0.717, 1.165) is 19.1 Å². The first-order valence-corrected chi connectivity index (χ1v) is 12.4. The number of halogens is 3. The van der Waals surface area contributed by atoms with Gasteiger partial charge >= 0.3 is 18.1 Å². The van der Waals surface area contributed by atoms with Crippen molar-refractivity contribution in [1.29, 1.82) is 0 Å². The number of alkyl halides is 3. The van der Waals surface area contributed by atoms with Crippen LogP contribution in [0.3, 0.4) is 0 Å². The lowest BCUT2D eigenvalue weighted by Gasteiger charge is -2.36. The number of hydrogen-bond acceptors (Lipinski definition) is 7. The maximum absolute atomic E-state index is 12.0. The fraction of sp³-hybridized carbons (Fsp3) is 0.550. The maximum Gasteiger partial charge on any atom is 0.490 e. The summed E-state index contributed by atoms with van der Waals surface area (Å²) in [6.07, 6.45) is -2.06. The minimum atomic E-state index is -5.08. The lowest BCUT2D eigenvalue weighted by molar-refractivity contribution is -0.192. The number of nitrogens with one attached hydrogen (secondary N) is 2. The van der Waals surface area contributed by atoms with Crippen LogP contribution in [0.25, 0.3) is 0 Å². The summed E-state index contributed by atoms with van der Waals surface area (Å²) in [6.45, 7) is 5.61. The molecule has 15 heteroatoms. The van der Waals surface area contributed by atoms with Crippen LogP contribution in [0.4, 0.5) is 24.5 Å². The molecule has 0 unspecified atom stereocenters. The maximum atomic E-state index is 12.0. The molecule has 1 aliphatic heterocycles. The summed E-state index contributed by atoms with van der Waals surface area (Å²) in [5, 5.41) is 19.2. The third kappa shape index (κ3) is 11.3. The molecule has 1 fully saturated rings. The van der Waals surface area contributed by atoms with E-state index in [9.17, 15) is 31.2 Å². The number of sulfonamides is 1. The highest BCUT2D eigenvalue weighted by Crippen LogP contribution is 2.29. The van der Waals surface area contributed by atoms with Crippen molar-refractivity contribution in [2.45, 2.75) is 25.9 Å². The number of carbonyl (C=O) groups is 3. The summed E-state index contributed by atoms with van der Waals surface area (Å²) in [5.74, 6) is -3.87. The van der Waals surface area contributed by atoms with E-state index in [2.05, 4.69) is 17.0 Å². The predicted octanol–water partition coefficient (Wildman–Crippen LogP) is 1.43. The minimum Gasteiger partial charge on any atom is -0.478 e. The highest BCUT2D eigenvalue weighted by Gasteiger charge is 2.38. The third-order valence-electron chi connectivity index (χ3n) is 4.71. The number of carboxylic acid groups (broad SMARTS) is 2. The van der Waals surface area contributed by atoms with E-state index in [1.165, 1.54) is 12.1 Å². The standard InChI is InChI=1S/C18H28N4O5S.C2HF3O2/c1-3-4-7-19-17(23)13-21-8-10-22(11-9-21)16-6-5-14(18(24)25)12-15(16)20-28(2,26)27;3-2(4,5)1(6)7/h5-6,12,20H,3-4,7-11,13H2,1-2H3,(H,19,23)(H,24,25);(H,6,7). The van der Waals surface area contributed by atoms with E-state index in [0.29, 0.717) is 45.0 Å². The van der Waals surface area contributed by atoms with Crippen LogP contribution in [0.15, 0.2) is 18.2 Å². The normalized spacial score (nSPS) is 14.5. The van der Waals surface area contributed by atoms with Crippen LogP contribution in [0.2, 0.25) is 0 Å².